The van der Waals surface area contributed by atoms with Crippen molar-refractivity contribution in [2.75, 3.05) is 73.6 Å². The molecule has 15 heteroatoms. The zero-order chi connectivity index (χ0) is 35.4. The second-order valence-electron chi connectivity index (χ2n) is 11.4. The SMILES string of the molecule is CCN(CC)CCCNc1nc(NCCCN(CC)CC)nc(Nc2ccc(C(=O)Nc3ccc4cc(S(=O)(=O)O)cc(O)c4c3)cc2)n1. The predicted molar refractivity (Wildman–Crippen MR) is 195 cm³/mol. The number of anilines is 5. The summed E-state index contributed by atoms with van der Waals surface area (Å²) in [6.07, 6.45) is 1.89. The van der Waals surface area contributed by atoms with Gasteiger partial charge in [-0.3, -0.25) is 9.35 Å². The highest BCUT2D eigenvalue weighted by Crippen LogP contribution is 2.31. The van der Waals surface area contributed by atoms with E-state index in [9.17, 15) is 22.9 Å². The van der Waals surface area contributed by atoms with E-state index in [1.165, 1.54) is 12.1 Å². The zero-order valence-corrected chi connectivity index (χ0v) is 29.3. The first kappa shape index (κ1) is 37.3. The lowest BCUT2D eigenvalue weighted by Crippen LogP contribution is -2.26. The molecule has 1 amide bonds. The number of nitrogens with zero attached hydrogens (tertiary/aromatic N) is 5. The molecule has 4 rings (SSSR count). The molecule has 0 aliphatic carbocycles. The number of nitrogens with one attached hydrogen (secondary N) is 4. The van der Waals surface area contributed by atoms with Gasteiger partial charge < -0.3 is 36.2 Å². The Labute approximate surface area is 288 Å². The van der Waals surface area contributed by atoms with Crippen LogP contribution in [0.4, 0.5) is 29.2 Å². The van der Waals surface area contributed by atoms with Crippen molar-refractivity contribution in [3.05, 3.63) is 60.2 Å². The van der Waals surface area contributed by atoms with E-state index in [0.29, 0.717) is 58.6 Å². The fourth-order valence-electron chi connectivity index (χ4n) is 5.25. The Bertz CT molecular complexity index is 1760. The second kappa shape index (κ2) is 17.7. The van der Waals surface area contributed by atoms with Crippen molar-refractivity contribution in [2.24, 2.45) is 0 Å². The van der Waals surface area contributed by atoms with Gasteiger partial charge in [0.15, 0.2) is 0 Å². The number of fused-ring (bicyclic) bond motifs is 1. The molecule has 0 radical (unpaired) electrons. The molecule has 49 heavy (non-hydrogen) atoms. The molecule has 3 aromatic carbocycles. The molecular formula is C34H47N9O5S. The summed E-state index contributed by atoms with van der Waals surface area (Å²) in [5.41, 5.74) is 1.46. The molecule has 0 unspecified atom stereocenters. The average molecular weight is 694 g/mol. The molecule has 1 aromatic heterocycles. The van der Waals surface area contributed by atoms with E-state index in [2.05, 4.69) is 73.7 Å². The molecule has 0 aliphatic heterocycles. The summed E-state index contributed by atoms with van der Waals surface area (Å²) in [6.45, 7) is 16.1. The maximum atomic E-state index is 13.0. The largest absolute Gasteiger partial charge is 0.507 e. The van der Waals surface area contributed by atoms with E-state index >= 15 is 0 Å². The molecule has 0 aliphatic rings. The molecule has 14 nitrogen and oxygen atoms in total. The smallest absolute Gasteiger partial charge is 0.294 e. The number of carbonyl (C=O) groups is 1. The molecule has 264 valence electrons. The van der Waals surface area contributed by atoms with E-state index in [4.69, 9.17) is 0 Å². The highest BCUT2D eigenvalue weighted by atomic mass is 32.2. The number of hydrogen-bond acceptors (Lipinski definition) is 12. The monoisotopic (exact) mass is 693 g/mol. The Kier molecular flexibility index (Phi) is 13.5. The summed E-state index contributed by atoms with van der Waals surface area (Å²) in [5.74, 6) is 0.570. The van der Waals surface area contributed by atoms with Gasteiger partial charge in [0.2, 0.25) is 17.8 Å². The lowest BCUT2D eigenvalue weighted by molar-refractivity contribution is 0.102. The minimum Gasteiger partial charge on any atom is -0.507 e. The van der Waals surface area contributed by atoms with Crippen molar-refractivity contribution in [2.45, 2.75) is 45.4 Å². The van der Waals surface area contributed by atoms with Crippen LogP contribution in [-0.2, 0) is 10.1 Å². The van der Waals surface area contributed by atoms with Crippen molar-refractivity contribution in [3.63, 3.8) is 0 Å². The van der Waals surface area contributed by atoms with Crippen LogP contribution in [0.15, 0.2) is 59.5 Å². The van der Waals surface area contributed by atoms with Gasteiger partial charge in [-0.1, -0.05) is 33.8 Å². The molecule has 0 atom stereocenters. The second-order valence-corrected chi connectivity index (χ2v) is 12.9. The summed E-state index contributed by atoms with van der Waals surface area (Å²) < 4.78 is 32.3. The van der Waals surface area contributed by atoms with Crippen LogP contribution in [0.2, 0.25) is 0 Å². The van der Waals surface area contributed by atoms with Crippen LogP contribution in [0.5, 0.6) is 5.75 Å². The molecule has 4 aromatic rings. The predicted octanol–water partition coefficient (Wildman–Crippen LogP) is 5.26. The summed E-state index contributed by atoms with van der Waals surface area (Å²) in [5, 5.41) is 23.7. The Hall–Kier alpha value is -4.57. The van der Waals surface area contributed by atoms with Crippen LogP contribution >= 0.6 is 0 Å². The quantitative estimate of drug-likeness (QED) is 0.0553. The van der Waals surface area contributed by atoms with E-state index in [1.807, 2.05) is 0 Å². The van der Waals surface area contributed by atoms with Crippen molar-refractivity contribution < 1.29 is 22.9 Å². The van der Waals surface area contributed by atoms with Crippen LogP contribution in [0.25, 0.3) is 10.8 Å². The van der Waals surface area contributed by atoms with Gasteiger partial charge in [0.25, 0.3) is 16.0 Å². The van der Waals surface area contributed by atoms with E-state index in [1.54, 1.807) is 36.4 Å². The number of benzene rings is 3. The molecule has 0 saturated carbocycles. The number of carbonyl (C=O) groups excluding carboxylic acids is 1. The van der Waals surface area contributed by atoms with E-state index in [-0.39, 0.29) is 11.7 Å². The standard InChI is InChI=1S/C34H47N9O5S/c1-5-42(6-2)19-9-17-35-32-39-33(36-18-10-20-43(7-3)8-4)41-34(40-32)38-26-14-11-24(12-15-26)31(45)37-27-16-13-25-21-28(49(46,47)48)23-30(44)29(25)22-27/h11-16,21-23,44H,5-10,17-20H2,1-4H3,(H,37,45)(H,46,47,48)(H3,35,36,38,39,40,41). The summed E-state index contributed by atoms with van der Waals surface area (Å²) in [7, 11) is -4.48. The van der Waals surface area contributed by atoms with E-state index < -0.39 is 15.0 Å². The maximum absolute atomic E-state index is 13.0. The molecule has 0 saturated heterocycles. The van der Waals surface area contributed by atoms with Gasteiger partial charge in [-0.2, -0.15) is 23.4 Å². The van der Waals surface area contributed by atoms with E-state index in [0.717, 1.165) is 58.2 Å². The third-order valence-electron chi connectivity index (χ3n) is 8.16. The average Bonchev–Trinajstić information content (AvgIpc) is 3.08. The third-order valence-corrected chi connectivity index (χ3v) is 8.99. The highest BCUT2D eigenvalue weighted by molar-refractivity contribution is 7.85. The van der Waals surface area contributed by atoms with Crippen LogP contribution in [-0.4, -0.2) is 101 Å². The van der Waals surface area contributed by atoms with Gasteiger partial charge in [0.1, 0.15) is 5.75 Å². The summed E-state index contributed by atoms with van der Waals surface area (Å²) in [4.78, 5) is 31.1. The Morgan fingerprint density at radius 2 is 1.27 bits per heavy atom. The molecule has 1 heterocycles. The Balaban J connectivity index is 1.43. The molecule has 0 bridgehead atoms. The normalized spacial score (nSPS) is 11.7. The van der Waals surface area contributed by atoms with Crippen molar-refractivity contribution in [1.82, 2.24) is 24.8 Å². The van der Waals surface area contributed by atoms with Crippen LogP contribution in [0.1, 0.15) is 50.9 Å². The maximum Gasteiger partial charge on any atom is 0.294 e. The van der Waals surface area contributed by atoms with Gasteiger partial charge >= 0.3 is 0 Å². The van der Waals surface area contributed by atoms with Crippen LogP contribution in [0, 0.1) is 0 Å². The molecule has 6 N–H and O–H groups in total. The molecule has 0 fully saturated rings. The fourth-order valence-corrected chi connectivity index (χ4v) is 5.79. The molecular weight excluding hydrogens is 646 g/mol. The number of phenols is 1. The first-order chi connectivity index (χ1) is 23.5. The van der Waals surface area contributed by atoms with Gasteiger partial charge in [0.05, 0.1) is 4.90 Å². The number of rotatable bonds is 19. The van der Waals surface area contributed by atoms with Gasteiger partial charge in [0, 0.05) is 41.5 Å². The zero-order valence-electron chi connectivity index (χ0n) is 28.5. The van der Waals surface area contributed by atoms with Crippen LogP contribution in [0.3, 0.4) is 0 Å². The van der Waals surface area contributed by atoms with Gasteiger partial charge in [-0.25, -0.2) is 0 Å². The Morgan fingerprint density at radius 3 is 1.80 bits per heavy atom. The first-order valence-corrected chi connectivity index (χ1v) is 18.1. The lowest BCUT2D eigenvalue weighted by Gasteiger charge is -2.18. The number of aromatic nitrogens is 3. The van der Waals surface area contributed by atoms with Crippen molar-refractivity contribution in [1.29, 1.82) is 0 Å². The number of hydrogen-bond donors (Lipinski definition) is 6. The number of phenolic OH excluding ortho intramolecular Hbond substituents is 1. The number of aromatic hydroxyl groups is 1. The highest BCUT2D eigenvalue weighted by Gasteiger charge is 2.15. The van der Waals surface area contributed by atoms with Crippen molar-refractivity contribution in [3.8, 4) is 5.75 Å². The summed E-state index contributed by atoms with van der Waals surface area (Å²) in [6, 6.07) is 13.7. The lowest BCUT2D eigenvalue weighted by atomic mass is 10.1. The van der Waals surface area contributed by atoms with Crippen LogP contribution < -0.4 is 21.3 Å². The topological polar surface area (TPSA) is 185 Å². The molecule has 0 spiro atoms. The van der Waals surface area contributed by atoms with Gasteiger partial charge in [-0.05, 0) is 100.0 Å². The van der Waals surface area contributed by atoms with Crippen molar-refractivity contribution >= 4 is 56.0 Å². The van der Waals surface area contributed by atoms with Gasteiger partial charge in [-0.15, -0.1) is 0 Å². The minimum atomic E-state index is -4.48. The number of amides is 1. The third kappa shape index (κ3) is 11.0. The summed E-state index contributed by atoms with van der Waals surface area (Å²) >= 11 is 0. The Morgan fingerprint density at radius 1 is 0.735 bits per heavy atom. The first-order valence-electron chi connectivity index (χ1n) is 16.6. The fraction of sp³-hybridized carbons (Fsp3) is 0.412. The minimum absolute atomic E-state index is 0.317.